The highest BCUT2D eigenvalue weighted by molar-refractivity contribution is 5.01. The summed E-state index contributed by atoms with van der Waals surface area (Å²) in [6, 6.07) is 0.749. The van der Waals surface area contributed by atoms with E-state index in [1.54, 1.807) is 0 Å². The van der Waals surface area contributed by atoms with Gasteiger partial charge in [0.25, 0.3) is 0 Å². The van der Waals surface area contributed by atoms with E-state index in [4.69, 9.17) is 5.11 Å². The van der Waals surface area contributed by atoms with Crippen molar-refractivity contribution in [2.45, 2.75) is 38.6 Å². The molecule has 0 aromatic carbocycles. The van der Waals surface area contributed by atoms with Crippen LogP contribution in [-0.2, 0) is 0 Å². The average Bonchev–Trinajstić information content (AvgIpc) is 3.07. The van der Waals surface area contributed by atoms with Crippen molar-refractivity contribution in [3.8, 4) is 0 Å². The van der Waals surface area contributed by atoms with Gasteiger partial charge in [-0.05, 0) is 31.4 Å². The first-order chi connectivity index (χ1) is 7.76. The highest BCUT2D eigenvalue weighted by Gasteiger charge is 2.20. The Labute approximate surface area is 99.5 Å². The smallest absolute Gasteiger partial charge is 0.0558 e. The Morgan fingerprint density at radius 2 is 2.19 bits per heavy atom. The van der Waals surface area contributed by atoms with Crippen molar-refractivity contribution >= 4 is 0 Å². The summed E-state index contributed by atoms with van der Waals surface area (Å²) in [7, 11) is 0. The van der Waals surface area contributed by atoms with E-state index in [2.05, 4.69) is 23.7 Å². The summed E-state index contributed by atoms with van der Waals surface area (Å²) in [4.78, 5) is 2.29. The second kappa shape index (κ2) is 7.82. The topological polar surface area (TPSA) is 35.5 Å². The molecule has 0 amide bonds. The lowest BCUT2D eigenvalue weighted by molar-refractivity contribution is 0.203. The molecule has 0 atom stereocenters. The SMILES string of the molecule is C=C(CNC1CC1)CN(CCO)CCCC. The lowest BCUT2D eigenvalue weighted by Gasteiger charge is -2.22. The molecular weight excluding hydrogens is 200 g/mol. The molecule has 2 N–H and O–H groups in total. The van der Waals surface area contributed by atoms with Crippen LogP contribution >= 0.6 is 0 Å². The third kappa shape index (κ3) is 6.26. The first-order valence-electron chi connectivity index (χ1n) is 6.49. The molecule has 0 bridgehead atoms. The third-order valence-electron chi connectivity index (χ3n) is 2.91. The van der Waals surface area contributed by atoms with Gasteiger partial charge in [-0.15, -0.1) is 0 Å². The van der Waals surface area contributed by atoms with Gasteiger partial charge in [0.05, 0.1) is 6.61 Å². The van der Waals surface area contributed by atoms with Crippen LogP contribution in [0.2, 0.25) is 0 Å². The Balaban J connectivity index is 2.13. The van der Waals surface area contributed by atoms with Crippen LogP contribution in [-0.4, -0.2) is 48.8 Å². The lowest BCUT2D eigenvalue weighted by Crippen LogP contribution is -2.32. The van der Waals surface area contributed by atoms with Gasteiger partial charge in [-0.25, -0.2) is 0 Å². The Morgan fingerprint density at radius 3 is 2.75 bits per heavy atom. The Morgan fingerprint density at radius 1 is 1.44 bits per heavy atom. The number of aliphatic hydroxyl groups is 1. The van der Waals surface area contributed by atoms with Gasteiger partial charge in [0.1, 0.15) is 0 Å². The molecule has 0 aromatic heterocycles. The van der Waals surface area contributed by atoms with Crippen molar-refractivity contribution < 1.29 is 5.11 Å². The fourth-order valence-corrected chi connectivity index (χ4v) is 1.74. The van der Waals surface area contributed by atoms with Crippen molar-refractivity contribution in [1.82, 2.24) is 10.2 Å². The molecule has 1 fully saturated rings. The van der Waals surface area contributed by atoms with Crippen LogP contribution < -0.4 is 5.32 Å². The predicted octanol–water partition coefficient (Wildman–Crippen LogP) is 1.39. The van der Waals surface area contributed by atoms with Crippen LogP contribution in [0.15, 0.2) is 12.2 Å². The monoisotopic (exact) mass is 226 g/mol. The van der Waals surface area contributed by atoms with Gasteiger partial charge in [0.15, 0.2) is 0 Å². The predicted molar refractivity (Wildman–Crippen MR) is 68.6 cm³/mol. The van der Waals surface area contributed by atoms with Gasteiger partial charge in [-0.3, -0.25) is 4.90 Å². The van der Waals surface area contributed by atoms with Gasteiger partial charge in [0.2, 0.25) is 0 Å². The van der Waals surface area contributed by atoms with Gasteiger partial charge in [-0.1, -0.05) is 19.9 Å². The van der Waals surface area contributed by atoms with E-state index in [1.165, 1.54) is 31.3 Å². The highest BCUT2D eigenvalue weighted by Crippen LogP contribution is 2.18. The van der Waals surface area contributed by atoms with E-state index >= 15 is 0 Å². The molecule has 0 spiro atoms. The second-order valence-corrected chi connectivity index (χ2v) is 4.76. The van der Waals surface area contributed by atoms with Crippen LogP contribution in [0.5, 0.6) is 0 Å². The maximum Gasteiger partial charge on any atom is 0.0558 e. The number of nitrogens with zero attached hydrogens (tertiary/aromatic N) is 1. The molecule has 0 saturated heterocycles. The van der Waals surface area contributed by atoms with Crippen LogP contribution in [0.25, 0.3) is 0 Å². The molecule has 1 saturated carbocycles. The summed E-state index contributed by atoms with van der Waals surface area (Å²) in [5.41, 5.74) is 1.23. The molecule has 16 heavy (non-hydrogen) atoms. The van der Waals surface area contributed by atoms with Crippen LogP contribution in [0, 0.1) is 0 Å². The maximum absolute atomic E-state index is 8.99. The molecule has 1 aliphatic carbocycles. The zero-order valence-corrected chi connectivity index (χ0v) is 10.5. The molecule has 0 radical (unpaired) electrons. The summed E-state index contributed by atoms with van der Waals surface area (Å²) in [6.45, 7) is 10.2. The lowest BCUT2D eigenvalue weighted by atomic mass is 10.2. The third-order valence-corrected chi connectivity index (χ3v) is 2.91. The van der Waals surface area contributed by atoms with E-state index in [9.17, 15) is 0 Å². The van der Waals surface area contributed by atoms with E-state index in [0.29, 0.717) is 0 Å². The molecule has 1 rings (SSSR count). The minimum atomic E-state index is 0.243. The first-order valence-corrected chi connectivity index (χ1v) is 6.49. The Hall–Kier alpha value is -0.380. The van der Waals surface area contributed by atoms with Crippen LogP contribution in [0.4, 0.5) is 0 Å². The number of nitrogens with one attached hydrogen (secondary N) is 1. The zero-order valence-electron chi connectivity index (χ0n) is 10.5. The molecule has 0 heterocycles. The largest absolute Gasteiger partial charge is 0.395 e. The van der Waals surface area contributed by atoms with E-state index in [-0.39, 0.29) is 6.61 Å². The minimum Gasteiger partial charge on any atom is -0.395 e. The summed E-state index contributed by atoms with van der Waals surface area (Å²) in [5, 5.41) is 12.5. The molecule has 0 aliphatic heterocycles. The van der Waals surface area contributed by atoms with Crippen LogP contribution in [0.3, 0.4) is 0 Å². The number of aliphatic hydroxyl groups excluding tert-OH is 1. The number of unbranched alkanes of at least 4 members (excludes halogenated alkanes) is 1. The fourth-order valence-electron chi connectivity index (χ4n) is 1.74. The minimum absolute atomic E-state index is 0.243. The van der Waals surface area contributed by atoms with Gasteiger partial charge in [0, 0.05) is 25.7 Å². The van der Waals surface area contributed by atoms with Crippen molar-refractivity contribution in [3.63, 3.8) is 0 Å². The molecule has 3 nitrogen and oxygen atoms in total. The zero-order chi connectivity index (χ0) is 11.8. The highest BCUT2D eigenvalue weighted by atomic mass is 16.3. The van der Waals surface area contributed by atoms with E-state index in [1.807, 2.05) is 0 Å². The number of rotatable bonds is 10. The Bertz CT molecular complexity index is 202. The second-order valence-electron chi connectivity index (χ2n) is 4.76. The normalized spacial score (nSPS) is 15.7. The van der Waals surface area contributed by atoms with Crippen molar-refractivity contribution in [3.05, 3.63) is 12.2 Å². The van der Waals surface area contributed by atoms with Gasteiger partial charge < -0.3 is 10.4 Å². The number of hydrogen-bond acceptors (Lipinski definition) is 3. The van der Waals surface area contributed by atoms with Crippen molar-refractivity contribution in [2.75, 3.05) is 32.8 Å². The molecule has 0 aromatic rings. The maximum atomic E-state index is 8.99. The first kappa shape index (κ1) is 13.7. The Kier molecular flexibility index (Phi) is 6.69. The van der Waals surface area contributed by atoms with Gasteiger partial charge >= 0.3 is 0 Å². The molecule has 3 heteroatoms. The fraction of sp³-hybridized carbons (Fsp3) is 0.846. The summed E-state index contributed by atoms with van der Waals surface area (Å²) in [6.07, 6.45) is 5.05. The average molecular weight is 226 g/mol. The standard InChI is InChI=1S/C13H26N2O/c1-3-4-7-15(8-9-16)11-12(2)10-14-13-5-6-13/h13-14,16H,2-11H2,1H3. The van der Waals surface area contributed by atoms with E-state index < -0.39 is 0 Å². The van der Waals surface area contributed by atoms with Crippen molar-refractivity contribution in [2.24, 2.45) is 0 Å². The quantitative estimate of drug-likeness (QED) is 0.553. The molecule has 94 valence electrons. The molecular formula is C13H26N2O. The van der Waals surface area contributed by atoms with E-state index in [0.717, 1.165) is 32.2 Å². The van der Waals surface area contributed by atoms with Gasteiger partial charge in [-0.2, -0.15) is 0 Å². The van der Waals surface area contributed by atoms with Crippen molar-refractivity contribution in [1.29, 1.82) is 0 Å². The summed E-state index contributed by atoms with van der Waals surface area (Å²) < 4.78 is 0. The summed E-state index contributed by atoms with van der Waals surface area (Å²) in [5.74, 6) is 0. The molecule has 1 aliphatic rings. The molecule has 0 unspecified atom stereocenters. The van der Waals surface area contributed by atoms with Crippen LogP contribution in [0.1, 0.15) is 32.6 Å². The number of hydrogen-bond donors (Lipinski definition) is 2. The summed E-state index contributed by atoms with van der Waals surface area (Å²) >= 11 is 0.